The Morgan fingerprint density at radius 1 is 0.976 bits per heavy atom. The smallest absolute Gasteiger partial charge is 0.254 e. The first-order valence-electron chi connectivity index (χ1n) is 14.1. The average Bonchev–Trinajstić information content (AvgIpc) is 3.36. The van der Waals surface area contributed by atoms with Gasteiger partial charge < -0.3 is 33.9 Å². The fourth-order valence-electron chi connectivity index (χ4n) is 5.59. The van der Waals surface area contributed by atoms with Crippen LogP contribution in [0.25, 0.3) is 0 Å². The Balaban J connectivity index is 1.25. The Hall–Kier alpha value is -4.28. The molecule has 3 aromatic rings. The number of rotatable bonds is 3. The van der Waals surface area contributed by atoms with Crippen LogP contribution < -0.4 is 24.3 Å². The summed E-state index contributed by atoms with van der Waals surface area (Å²) in [7, 11) is 3.26. The number of fused-ring (bicyclic) bond motifs is 6. The minimum Gasteiger partial charge on any atom is -0.496 e. The fraction of sp³-hybridized carbons (Fsp3) is 0.375. The number of nitrogens with one attached hydrogen (secondary N) is 1. The number of likely N-dealkylation sites (N-methyl/N-ethyl adjacent to an activating group) is 1. The second kappa shape index (κ2) is 11.9. The van der Waals surface area contributed by atoms with Crippen molar-refractivity contribution in [3.63, 3.8) is 0 Å². The third-order valence-corrected chi connectivity index (χ3v) is 7.78. The number of nitrogens with zero attached hydrogens (tertiary/aromatic N) is 2. The van der Waals surface area contributed by atoms with Gasteiger partial charge in [0.1, 0.15) is 30.5 Å². The summed E-state index contributed by atoms with van der Waals surface area (Å²) < 4.78 is 29.8. The van der Waals surface area contributed by atoms with Crippen LogP contribution in [0, 0.1) is 6.92 Å². The standard InChI is InChI=1S/C32H35N3O7/c1-20-7-8-22-12-26(20)42-24-6-4-5-21(11-24)19-41-30-17-35(16-25(30)33-31(36)18-34(2)32(22)37)15-23-13-28-29(14-27(23)38-3)40-10-9-39-28/h4-8,11-14,25,30H,9-10,15-19H2,1-3H3,(H,33,36)/t25-,30-/m0/s1. The zero-order valence-corrected chi connectivity index (χ0v) is 24.1. The van der Waals surface area contributed by atoms with Crippen LogP contribution in [0.1, 0.15) is 27.0 Å². The van der Waals surface area contributed by atoms with Crippen molar-refractivity contribution in [2.24, 2.45) is 0 Å². The highest BCUT2D eigenvalue weighted by atomic mass is 16.6. The summed E-state index contributed by atoms with van der Waals surface area (Å²) in [6, 6.07) is 16.6. The quantitative estimate of drug-likeness (QED) is 0.508. The lowest BCUT2D eigenvalue weighted by Gasteiger charge is -2.23. The Bertz CT molecular complexity index is 1490. The van der Waals surface area contributed by atoms with E-state index in [1.54, 1.807) is 26.3 Å². The molecule has 1 saturated heterocycles. The van der Waals surface area contributed by atoms with Gasteiger partial charge in [0.15, 0.2) is 11.5 Å². The first-order chi connectivity index (χ1) is 20.4. The Kier molecular flexibility index (Phi) is 7.90. The van der Waals surface area contributed by atoms with Crippen LogP contribution in [0.4, 0.5) is 0 Å². The lowest BCUT2D eigenvalue weighted by molar-refractivity contribution is -0.123. The largest absolute Gasteiger partial charge is 0.496 e. The van der Waals surface area contributed by atoms with Crippen molar-refractivity contribution in [3.05, 3.63) is 76.9 Å². The molecular weight excluding hydrogens is 538 g/mol. The summed E-state index contributed by atoms with van der Waals surface area (Å²) in [6.07, 6.45) is -0.273. The monoisotopic (exact) mass is 573 g/mol. The van der Waals surface area contributed by atoms with Crippen LogP contribution in [-0.2, 0) is 22.7 Å². The van der Waals surface area contributed by atoms with Crippen molar-refractivity contribution in [1.82, 2.24) is 15.1 Å². The summed E-state index contributed by atoms with van der Waals surface area (Å²) in [5.41, 5.74) is 3.26. The first kappa shape index (κ1) is 27.9. The summed E-state index contributed by atoms with van der Waals surface area (Å²) in [5.74, 6) is 2.82. The van der Waals surface area contributed by atoms with Gasteiger partial charge in [-0.2, -0.15) is 0 Å². The van der Waals surface area contributed by atoms with Gasteiger partial charge in [0.2, 0.25) is 5.91 Å². The molecule has 10 nitrogen and oxygen atoms in total. The lowest BCUT2D eigenvalue weighted by atomic mass is 10.1. The molecule has 0 radical (unpaired) electrons. The van der Waals surface area contributed by atoms with Crippen LogP contribution in [-0.4, -0.2) is 80.8 Å². The van der Waals surface area contributed by atoms with Gasteiger partial charge in [0.25, 0.3) is 5.91 Å². The van der Waals surface area contributed by atoms with Crippen molar-refractivity contribution in [2.45, 2.75) is 32.2 Å². The maximum Gasteiger partial charge on any atom is 0.254 e. The number of amides is 2. The molecule has 4 bridgehead atoms. The number of carbonyl (C=O) groups is 2. The van der Waals surface area contributed by atoms with E-state index in [1.807, 2.05) is 49.4 Å². The number of hydrogen-bond acceptors (Lipinski definition) is 8. The number of ether oxygens (including phenoxy) is 5. The molecule has 2 amide bonds. The molecule has 220 valence electrons. The Morgan fingerprint density at radius 3 is 2.60 bits per heavy atom. The third kappa shape index (κ3) is 6.00. The van der Waals surface area contributed by atoms with Crippen LogP contribution in [0.3, 0.4) is 0 Å². The van der Waals surface area contributed by atoms with Gasteiger partial charge in [-0.25, -0.2) is 0 Å². The predicted molar refractivity (Wildman–Crippen MR) is 154 cm³/mol. The molecule has 0 aliphatic carbocycles. The molecule has 0 spiro atoms. The number of carbonyl (C=O) groups excluding carboxylic acids is 2. The number of aryl methyl sites for hydroxylation is 1. The van der Waals surface area contributed by atoms with Gasteiger partial charge in [-0.15, -0.1) is 0 Å². The molecule has 1 N–H and O–H groups in total. The van der Waals surface area contributed by atoms with Crippen molar-refractivity contribution in [1.29, 1.82) is 0 Å². The zero-order chi connectivity index (χ0) is 29.2. The minimum absolute atomic E-state index is 0.0822. The fourth-order valence-corrected chi connectivity index (χ4v) is 5.59. The van der Waals surface area contributed by atoms with E-state index >= 15 is 0 Å². The van der Waals surface area contributed by atoms with E-state index in [9.17, 15) is 9.59 Å². The van der Waals surface area contributed by atoms with E-state index in [2.05, 4.69) is 10.2 Å². The predicted octanol–water partition coefficient (Wildman–Crippen LogP) is 3.54. The number of methoxy groups -OCH3 is 1. The van der Waals surface area contributed by atoms with Crippen LogP contribution in [0.5, 0.6) is 28.7 Å². The van der Waals surface area contributed by atoms with Crippen LogP contribution in [0.15, 0.2) is 54.6 Å². The van der Waals surface area contributed by atoms with E-state index in [-0.39, 0.29) is 30.5 Å². The van der Waals surface area contributed by atoms with Crippen LogP contribution >= 0.6 is 0 Å². The molecule has 0 aromatic heterocycles. The molecule has 1 fully saturated rings. The minimum atomic E-state index is -0.275. The molecular formula is C32H35N3O7. The van der Waals surface area contributed by atoms with Gasteiger partial charge in [-0.05, 0) is 48.4 Å². The highest BCUT2D eigenvalue weighted by Gasteiger charge is 2.35. The van der Waals surface area contributed by atoms with E-state index in [0.29, 0.717) is 73.8 Å². The molecule has 10 heteroatoms. The Labute approximate surface area is 245 Å². The molecule has 2 atom stereocenters. The van der Waals surface area contributed by atoms with Crippen molar-refractivity contribution >= 4 is 11.8 Å². The second-order valence-corrected chi connectivity index (χ2v) is 10.9. The maximum atomic E-state index is 13.2. The molecule has 0 unspecified atom stereocenters. The van der Waals surface area contributed by atoms with E-state index in [4.69, 9.17) is 23.7 Å². The van der Waals surface area contributed by atoms with Gasteiger partial charge in [-0.1, -0.05) is 18.2 Å². The normalized spacial score (nSPS) is 20.9. The topological polar surface area (TPSA) is 98.8 Å². The maximum absolute atomic E-state index is 13.2. The summed E-state index contributed by atoms with van der Waals surface area (Å²) in [4.78, 5) is 30.0. The van der Waals surface area contributed by atoms with Crippen molar-refractivity contribution < 1.29 is 33.3 Å². The summed E-state index contributed by atoms with van der Waals surface area (Å²) >= 11 is 0. The lowest BCUT2D eigenvalue weighted by Crippen LogP contribution is -2.48. The number of likely N-dealkylation sites (tertiary alicyclic amines) is 1. The number of hydrogen-bond donors (Lipinski definition) is 1. The Morgan fingerprint density at radius 2 is 1.79 bits per heavy atom. The van der Waals surface area contributed by atoms with E-state index in [0.717, 1.165) is 16.7 Å². The van der Waals surface area contributed by atoms with Crippen LogP contribution in [0.2, 0.25) is 0 Å². The van der Waals surface area contributed by atoms with Gasteiger partial charge in [0, 0.05) is 43.9 Å². The van der Waals surface area contributed by atoms with Gasteiger partial charge >= 0.3 is 0 Å². The van der Waals surface area contributed by atoms with Crippen molar-refractivity contribution in [3.8, 4) is 28.7 Å². The van der Waals surface area contributed by atoms with Crippen molar-refractivity contribution in [2.75, 3.05) is 47.0 Å². The average molecular weight is 574 g/mol. The molecule has 3 aliphatic rings. The summed E-state index contributed by atoms with van der Waals surface area (Å²) in [5, 5.41) is 3.13. The first-order valence-corrected chi connectivity index (χ1v) is 14.1. The molecule has 3 aromatic carbocycles. The zero-order valence-electron chi connectivity index (χ0n) is 24.1. The molecule has 0 saturated carbocycles. The summed E-state index contributed by atoms with van der Waals surface area (Å²) in [6.45, 7) is 4.94. The number of benzene rings is 3. The molecule has 3 aliphatic heterocycles. The van der Waals surface area contributed by atoms with E-state index < -0.39 is 0 Å². The second-order valence-electron chi connectivity index (χ2n) is 10.9. The van der Waals surface area contributed by atoms with E-state index in [1.165, 1.54) is 4.90 Å². The van der Waals surface area contributed by atoms with Gasteiger partial charge in [0.05, 0.1) is 32.4 Å². The van der Waals surface area contributed by atoms with Gasteiger partial charge in [-0.3, -0.25) is 14.5 Å². The highest BCUT2D eigenvalue weighted by molar-refractivity contribution is 5.96. The SMILES string of the molecule is COc1cc2c(cc1CN1C[C@@H]3NC(=O)CN(C)C(=O)c4ccc(C)c(c4)Oc4cccc(c4)CO[C@H]3C1)OCCO2. The molecule has 42 heavy (non-hydrogen) atoms. The molecule has 3 heterocycles. The third-order valence-electron chi connectivity index (χ3n) is 7.78. The highest BCUT2D eigenvalue weighted by Crippen LogP contribution is 2.38. The molecule has 6 rings (SSSR count).